The van der Waals surface area contributed by atoms with Crippen LogP contribution in [-0.4, -0.2) is 21.5 Å². The van der Waals surface area contributed by atoms with Crippen LogP contribution in [0.4, 0.5) is 9.18 Å². The highest BCUT2D eigenvalue weighted by Gasteiger charge is 2.41. The van der Waals surface area contributed by atoms with Crippen molar-refractivity contribution in [1.82, 2.24) is 9.78 Å². The van der Waals surface area contributed by atoms with Gasteiger partial charge in [-0.3, -0.25) is 0 Å². The molecule has 1 amide bonds. The molecule has 1 aromatic heterocycles. The second-order valence-corrected chi connectivity index (χ2v) is 12.9. The van der Waals surface area contributed by atoms with E-state index in [0.717, 1.165) is 38.4 Å². The van der Waals surface area contributed by atoms with E-state index in [1.807, 2.05) is 89.6 Å². The van der Waals surface area contributed by atoms with Crippen LogP contribution in [0.5, 0.6) is 0 Å². The summed E-state index contributed by atoms with van der Waals surface area (Å²) < 4.78 is 23.6. The van der Waals surface area contributed by atoms with E-state index in [2.05, 4.69) is 66.7 Å². The molecule has 0 saturated heterocycles. The van der Waals surface area contributed by atoms with E-state index in [1.165, 1.54) is 0 Å². The molecule has 0 saturated carbocycles. The van der Waals surface area contributed by atoms with Crippen molar-refractivity contribution in [2.45, 2.75) is 31.4 Å². The maximum Gasteiger partial charge on any atom is 0.405 e. The SMILES string of the molecule is CC(C)(Cc1cc2c(/C=C/c3ccc4ccccc4c3)nn(C(c3ccccc3)(c3ccccc3)c3ccccc3)c2cc1F)OC(N)=O. The van der Waals surface area contributed by atoms with E-state index in [4.69, 9.17) is 15.6 Å². The molecule has 2 N–H and O–H groups in total. The first kappa shape index (κ1) is 31.6. The van der Waals surface area contributed by atoms with Gasteiger partial charge in [-0.1, -0.05) is 133 Å². The third-order valence-corrected chi connectivity index (χ3v) is 8.97. The molecule has 0 aliphatic rings. The molecule has 5 nitrogen and oxygen atoms in total. The van der Waals surface area contributed by atoms with Crippen LogP contribution in [0.1, 0.15) is 47.4 Å². The molecule has 1 heterocycles. The molecule has 0 unspecified atom stereocenters. The zero-order chi connectivity index (χ0) is 34.0. The van der Waals surface area contributed by atoms with E-state index in [9.17, 15) is 4.79 Å². The number of hydrogen-bond acceptors (Lipinski definition) is 3. The van der Waals surface area contributed by atoms with Gasteiger partial charge in [0.25, 0.3) is 0 Å². The summed E-state index contributed by atoms with van der Waals surface area (Å²) in [6.45, 7) is 3.44. The van der Waals surface area contributed by atoms with Crippen molar-refractivity contribution >= 4 is 39.9 Å². The number of rotatable bonds is 9. The lowest BCUT2D eigenvalue weighted by atomic mass is 9.77. The van der Waals surface area contributed by atoms with Gasteiger partial charge in [-0.05, 0) is 70.6 Å². The first-order chi connectivity index (χ1) is 23.7. The van der Waals surface area contributed by atoms with Crippen LogP contribution in [0, 0.1) is 5.82 Å². The summed E-state index contributed by atoms with van der Waals surface area (Å²) in [7, 11) is 0. The Kier molecular flexibility index (Phi) is 8.31. The molecular formula is C43H36FN3O2. The largest absolute Gasteiger partial charge is 0.443 e. The quantitative estimate of drug-likeness (QED) is 0.159. The normalized spacial score (nSPS) is 12.1. The highest BCUT2D eigenvalue weighted by atomic mass is 19.1. The van der Waals surface area contributed by atoms with E-state index < -0.39 is 23.1 Å². The van der Waals surface area contributed by atoms with Crippen molar-refractivity contribution in [3.63, 3.8) is 0 Å². The average Bonchev–Trinajstić information content (AvgIpc) is 3.45. The minimum Gasteiger partial charge on any atom is -0.443 e. The Bertz CT molecular complexity index is 2200. The highest BCUT2D eigenvalue weighted by Crippen LogP contribution is 2.43. The van der Waals surface area contributed by atoms with Gasteiger partial charge in [0.2, 0.25) is 0 Å². The van der Waals surface area contributed by atoms with Crippen molar-refractivity contribution in [3.05, 3.63) is 185 Å². The van der Waals surface area contributed by atoms with Crippen LogP contribution in [0.2, 0.25) is 0 Å². The fraction of sp³-hybridized carbons (Fsp3) is 0.116. The third kappa shape index (κ3) is 6.09. The summed E-state index contributed by atoms with van der Waals surface area (Å²) >= 11 is 0. The maximum absolute atomic E-state index is 16.3. The fourth-order valence-electron chi connectivity index (χ4n) is 6.88. The molecule has 49 heavy (non-hydrogen) atoms. The van der Waals surface area contributed by atoms with Gasteiger partial charge in [-0.2, -0.15) is 5.10 Å². The first-order valence-electron chi connectivity index (χ1n) is 16.3. The number of hydrogen-bond donors (Lipinski definition) is 1. The number of halogens is 1. The molecule has 6 aromatic carbocycles. The van der Waals surface area contributed by atoms with Crippen LogP contribution < -0.4 is 5.73 Å². The molecule has 0 radical (unpaired) electrons. The Hall–Kier alpha value is -6.01. The maximum atomic E-state index is 16.3. The summed E-state index contributed by atoms with van der Waals surface area (Å²) in [6, 6.07) is 48.5. The van der Waals surface area contributed by atoms with Crippen molar-refractivity contribution < 1.29 is 13.9 Å². The number of carbonyl (C=O) groups excluding carboxylic acids is 1. The average molecular weight is 646 g/mol. The molecule has 0 aliphatic heterocycles. The van der Waals surface area contributed by atoms with Crippen LogP contribution in [0.3, 0.4) is 0 Å². The summed E-state index contributed by atoms with van der Waals surface area (Å²) in [5.74, 6) is -0.428. The highest BCUT2D eigenvalue weighted by molar-refractivity contribution is 5.92. The number of amides is 1. The monoisotopic (exact) mass is 645 g/mol. The minimum absolute atomic E-state index is 0.123. The molecule has 7 rings (SSSR count). The zero-order valence-corrected chi connectivity index (χ0v) is 27.4. The number of nitrogens with two attached hydrogens (primary N) is 1. The van der Waals surface area contributed by atoms with Crippen molar-refractivity contribution in [1.29, 1.82) is 0 Å². The van der Waals surface area contributed by atoms with Crippen LogP contribution >= 0.6 is 0 Å². The topological polar surface area (TPSA) is 70.1 Å². The Balaban J connectivity index is 1.52. The minimum atomic E-state index is -1.03. The number of benzene rings is 6. The number of primary amides is 1. The predicted molar refractivity (Wildman–Crippen MR) is 196 cm³/mol. The van der Waals surface area contributed by atoms with Gasteiger partial charge in [0.15, 0.2) is 0 Å². The lowest BCUT2D eigenvalue weighted by Gasteiger charge is -2.37. The van der Waals surface area contributed by atoms with E-state index >= 15 is 4.39 Å². The predicted octanol–water partition coefficient (Wildman–Crippen LogP) is 9.76. The number of aromatic nitrogens is 2. The standard InChI is InChI=1S/C43H36FN3O2/c1-42(2,49-41(45)48)29-33-27-37-39(25-23-30-22-24-31-14-12-13-15-32(31)26-30)46-47(40(37)28-38(33)44)43(34-16-6-3-7-17-34,35-18-8-4-9-19-35)36-20-10-5-11-21-36/h3-28H,29H2,1-2H3,(H2,45,48)/b25-23+. The van der Waals surface area contributed by atoms with Gasteiger partial charge in [0.05, 0.1) is 11.2 Å². The summed E-state index contributed by atoms with van der Waals surface area (Å²) in [5.41, 5.74) is 8.98. The molecule has 0 atom stereocenters. The molecular weight excluding hydrogens is 609 g/mol. The number of carbonyl (C=O) groups is 1. The van der Waals surface area contributed by atoms with E-state index in [0.29, 0.717) is 16.8 Å². The molecule has 0 spiro atoms. The van der Waals surface area contributed by atoms with Gasteiger partial charge in [-0.15, -0.1) is 0 Å². The smallest absolute Gasteiger partial charge is 0.405 e. The third-order valence-electron chi connectivity index (χ3n) is 8.97. The van der Waals surface area contributed by atoms with Crippen molar-refractivity contribution in [3.8, 4) is 0 Å². The Morgan fingerprint density at radius 3 is 1.86 bits per heavy atom. The van der Waals surface area contributed by atoms with Gasteiger partial charge < -0.3 is 10.5 Å². The summed E-state index contributed by atoms with van der Waals surface area (Å²) in [5, 5.41) is 8.41. The Labute approximate surface area is 285 Å². The van der Waals surface area contributed by atoms with E-state index in [1.54, 1.807) is 19.9 Å². The van der Waals surface area contributed by atoms with Gasteiger partial charge in [0, 0.05) is 17.9 Å². The molecule has 7 aromatic rings. The zero-order valence-electron chi connectivity index (χ0n) is 27.4. The van der Waals surface area contributed by atoms with E-state index in [-0.39, 0.29) is 6.42 Å². The number of fused-ring (bicyclic) bond motifs is 2. The van der Waals surface area contributed by atoms with Gasteiger partial charge in [-0.25, -0.2) is 13.9 Å². The number of nitrogens with zero attached hydrogens (tertiary/aromatic N) is 2. The van der Waals surface area contributed by atoms with Gasteiger partial charge >= 0.3 is 6.09 Å². The van der Waals surface area contributed by atoms with Crippen molar-refractivity contribution in [2.75, 3.05) is 0 Å². The lowest BCUT2D eigenvalue weighted by molar-refractivity contribution is 0.0454. The molecule has 0 fully saturated rings. The Morgan fingerprint density at radius 2 is 1.29 bits per heavy atom. The lowest BCUT2D eigenvalue weighted by Crippen LogP contribution is -2.38. The van der Waals surface area contributed by atoms with Crippen LogP contribution in [0.15, 0.2) is 146 Å². The first-order valence-corrected chi connectivity index (χ1v) is 16.3. The molecule has 242 valence electrons. The van der Waals surface area contributed by atoms with Crippen LogP contribution in [0.25, 0.3) is 33.8 Å². The summed E-state index contributed by atoms with van der Waals surface area (Å²) in [6.07, 6.45) is 3.24. The van der Waals surface area contributed by atoms with Crippen molar-refractivity contribution in [2.24, 2.45) is 5.73 Å². The van der Waals surface area contributed by atoms with Crippen LogP contribution in [-0.2, 0) is 16.7 Å². The number of ether oxygens (including phenoxy) is 1. The fourth-order valence-corrected chi connectivity index (χ4v) is 6.88. The molecule has 6 heteroatoms. The van der Waals surface area contributed by atoms with Gasteiger partial charge in [0.1, 0.15) is 17.0 Å². The summed E-state index contributed by atoms with van der Waals surface area (Å²) in [4.78, 5) is 11.7. The molecule has 0 bridgehead atoms. The second kappa shape index (κ2) is 12.9. The second-order valence-electron chi connectivity index (χ2n) is 12.9. The molecule has 0 aliphatic carbocycles. The Morgan fingerprint density at radius 1 is 0.735 bits per heavy atom.